The Labute approximate surface area is 261 Å². The first-order chi connectivity index (χ1) is 21.7. The monoisotopic (exact) mass is 606 g/mol. The highest BCUT2D eigenvalue weighted by molar-refractivity contribution is 7.81. The van der Waals surface area contributed by atoms with Crippen LogP contribution in [0.3, 0.4) is 0 Å². The van der Waals surface area contributed by atoms with Gasteiger partial charge in [-0.1, -0.05) is 170 Å². The lowest BCUT2D eigenvalue weighted by Crippen LogP contribution is -2.12. The van der Waals surface area contributed by atoms with E-state index in [0.29, 0.717) is 12.3 Å². The lowest BCUT2D eigenvalue weighted by atomic mass is 9.97. The maximum atomic E-state index is 14.0. The van der Waals surface area contributed by atoms with Gasteiger partial charge in [0.1, 0.15) is 0 Å². The molecule has 0 bridgehead atoms. The molecule has 0 fully saturated rings. The summed E-state index contributed by atoms with van der Waals surface area (Å²) >= 11 is 0. The quantitative estimate of drug-likeness (QED) is 0.138. The predicted molar refractivity (Wildman–Crippen MR) is 187 cm³/mol. The fraction of sp³-hybridized carbons (Fsp3) is 0.0500. The summed E-state index contributed by atoms with van der Waals surface area (Å²) in [6.45, 7) is 0. The fourth-order valence-corrected chi connectivity index (χ4v) is 9.77. The molecule has 44 heavy (non-hydrogen) atoms. The SMILES string of the molecule is O=C(c1ccccc1)P(Cc1ccccc1-c1ccccc1CP(C(=O)c1ccccc1)c1ccccc1)c1ccccc1. The topological polar surface area (TPSA) is 34.1 Å². The number of carbonyl (C=O) groups is 2. The van der Waals surface area contributed by atoms with Crippen LogP contribution in [0.4, 0.5) is 0 Å². The van der Waals surface area contributed by atoms with E-state index in [1.54, 1.807) is 0 Å². The molecule has 0 spiro atoms. The Bertz CT molecular complexity index is 1700. The van der Waals surface area contributed by atoms with E-state index in [-0.39, 0.29) is 11.0 Å². The van der Waals surface area contributed by atoms with Crippen LogP contribution in [0.1, 0.15) is 31.8 Å². The molecule has 0 amide bonds. The summed E-state index contributed by atoms with van der Waals surface area (Å²) in [6, 6.07) is 56.5. The minimum Gasteiger partial charge on any atom is -0.289 e. The Hall–Kier alpha value is -4.48. The molecule has 6 aromatic rings. The third-order valence-corrected chi connectivity index (χ3v) is 12.3. The summed E-state index contributed by atoms with van der Waals surface area (Å²) in [5, 5.41) is 2.14. The summed E-state index contributed by atoms with van der Waals surface area (Å²) in [5.74, 6) is 0. The highest BCUT2D eigenvalue weighted by Crippen LogP contribution is 2.47. The van der Waals surface area contributed by atoms with Crippen molar-refractivity contribution in [3.05, 3.63) is 192 Å². The lowest BCUT2D eigenvalue weighted by molar-refractivity contribution is 0.107. The average Bonchev–Trinajstić information content (AvgIpc) is 3.11. The first-order valence-corrected chi connectivity index (χ1v) is 17.7. The van der Waals surface area contributed by atoms with Gasteiger partial charge in [0.05, 0.1) is 0 Å². The van der Waals surface area contributed by atoms with Crippen LogP contribution in [-0.4, -0.2) is 11.0 Å². The molecule has 0 N–H and O–H groups in total. The summed E-state index contributed by atoms with van der Waals surface area (Å²) in [5.41, 5.74) is 6.34. The molecule has 2 nitrogen and oxygen atoms in total. The second-order valence-corrected chi connectivity index (χ2v) is 14.7. The van der Waals surface area contributed by atoms with Crippen LogP contribution in [0.15, 0.2) is 170 Å². The van der Waals surface area contributed by atoms with E-state index >= 15 is 0 Å². The molecule has 214 valence electrons. The summed E-state index contributed by atoms with van der Waals surface area (Å²) in [4.78, 5) is 27.9. The van der Waals surface area contributed by atoms with Gasteiger partial charge in [-0.15, -0.1) is 0 Å². The smallest absolute Gasteiger partial charge is 0.188 e. The number of benzene rings is 6. The van der Waals surface area contributed by atoms with Crippen molar-refractivity contribution in [3.63, 3.8) is 0 Å². The lowest BCUT2D eigenvalue weighted by Gasteiger charge is -2.22. The fourth-order valence-electron chi connectivity index (χ4n) is 5.43. The third kappa shape index (κ3) is 6.84. The van der Waals surface area contributed by atoms with E-state index in [1.807, 2.05) is 97.1 Å². The maximum absolute atomic E-state index is 14.0. The molecular weight excluding hydrogens is 574 g/mol. The van der Waals surface area contributed by atoms with Crippen molar-refractivity contribution in [2.24, 2.45) is 0 Å². The van der Waals surface area contributed by atoms with Gasteiger partial charge in [-0.2, -0.15) is 0 Å². The Morgan fingerprint density at radius 1 is 0.364 bits per heavy atom. The number of hydrogen-bond acceptors (Lipinski definition) is 2. The molecule has 4 heteroatoms. The number of hydrogen-bond donors (Lipinski definition) is 0. The first kappa shape index (κ1) is 29.6. The average molecular weight is 607 g/mol. The highest BCUT2D eigenvalue weighted by Gasteiger charge is 2.26. The van der Waals surface area contributed by atoms with Gasteiger partial charge in [0.15, 0.2) is 11.0 Å². The van der Waals surface area contributed by atoms with Crippen molar-refractivity contribution < 1.29 is 9.59 Å². The Morgan fingerprint density at radius 2 is 0.659 bits per heavy atom. The Balaban J connectivity index is 1.39. The first-order valence-electron chi connectivity index (χ1n) is 14.7. The van der Waals surface area contributed by atoms with Gasteiger partial charge < -0.3 is 0 Å². The maximum Gasteiger partial charge on any atom is 0.188 e. The molecule has 0 saturated heterocycles. The third-order valence-electron chi connectivity index (χ3n) is 7.65. The van der Waals surface area contributed by atoms with Gasteiger partial charge in [0.2, 0.25) is 0 Å². The van der Waals surface area contributed by atoms with Gasteiger partial charge in [-0.05, 0) is 32.9 Å². The Morgan fingerprint density at radius 3 is 1.02 bits per heavy atom. The summed E-state index contributed by atoms with van der Waals surface area (Å²) in [6.07, 6.45) is 1.27. The van der Waals surface area contributed by atoms with Gasteiger partial charge in [0, 0.05) is 39.3 Å². The molecule has 0 aliphatic heterocycles. The van der Waals surface area contributed by atoms with Gasteiger partial charge in [-0.3, -0.25) is 9.59 Å². The normalized spacial score (nSPS) is 12.3. The second kappa shape index (κ2) is 14.3. The van der Waals surface area contributed by atoms with Crippen LogP contribution < -0.4 is 10.6 Å². The molecule has 2 atom stereocenters. The van der Waals surface area contributed by atoms with Crippen molar-refractivity contribution in [1.82, 2.24) is 0 Å². The zero-order chi connectivity index (χ0) is 30.1. The molecule has 0 aliphatic carbocycles. The van der Waals surface area contributed by atoms with Crippen LogP contribution in [0, 0.1) is 0 Å². The zero-order valence-corrected chi connectivity index (χ0v) is 26.1. The van der Waals surface area contributed by atoms with E-state index < -0.39 is 15.8 Å². The van der Waals surface area contributed by atoms with E-state index in [0.717, 1.165) is 44.0 Å². The standard InChI is InChI=1S/C40H32O2P2/c41-39(31-17-5-1-6-18-31)43(35-23-9-3-10-24-35)29-33-21-13-15-27-37(33)38-28-16-14-22-34(38)30-44(36-25-11-4-12-26-36)40(42)32-19-7-2-8-20-32/h1-28H,29-30H2. The number of carbonyl (C=O) groups excluding carboxylic acids is 2. The summed E-state index contributed by atoms with van der Waals surface area (Å²) in [7, 11) is -2.34. The molecule has 6 rings (SSSR count). The minimum atomic E-state index is -1.17. The zero-order valence-electron chi connectivity index (χ0n) is 24.3. The van der Waals surface area contributed by atoms with Crippen LogP contribution in [0.25, 0.3) is 11.1 Å². The molecular formula is C40H32O2P2. The van der Waals surface area contributed by atoms with E-state index in [2.05, 4.69) is 72.8 Å². The molecule has 0 heterocycles. The van der Waals surface area contributed by atoms with Crippen molar-refractivity contribution in [1.29, 1.82) is 0 Å². The van der Waals surface area contributed by atoms with Crippen LogP contribution >= 0.6 is 15.8 Å². The molecule has 6 aromatic carbocycles. The highest BCUT2D eigenvalue weighted by atomic mass is 31.1. The van der Waals surface area contributed by atoms with Gasteiger partial charge in [-0.25, -0.2) is 0 Å². The molecule has 2 unspecified atom stereocenters. The molecule has 0 aliphatic rings. The van der Waals surface area contributed by atoms with Gasteiger partial charge >= 0.3 is 0 Å². The van der Waals surface area contributed by atoms with Crippen LogP contribution in [0.2, 0.25) is 0 Å². The predicted octanol–water partition coefficient (Wildman–Crippen LogP) is 9.65. The number of rotatable bonds is 11. The van der Waals surface area contributed by atoms with Crippen molar-refractivity contribution in [2.75, 3.05) is 0 Å². The largest absolute Gasteiger partial charge is 0.289 e. The van der Waals surface area contributed by atoms with Crippen LogP contribution in [0.5, 0.6) is 0 Å². The Kier molecular flexibility index (Phi) is 9.63. The minimum absolute atomic E-state index is 0.177. The molecule has 0 radical (unpaired) electrons. The van der Waals surface area contributed by atoms with Crippen LogP contribution in [-0.2, 0) is 12.3 Å². The van der Waals surface area contributed by atoms with Gasteiger partial charge in [0.25, 0.3) is 0 Å². The van der Waals surface area contributed by atoms with Crippen molar-refractivity contribution in [3.8, 4) is 11.1 Å². The summed E-state index contributed by atoms with van der Waals surface area (Å²) < 4.78 is 0. The van der Waals surface area contributed by atoms with Crippen molar-refractivity contribution in [2.45, 2.75) is 12.3 Å². The van der Waals surface area contributed by atoms with E-state index in [1.165, 1.54) is 0 Å². The van der Waals surface area contributed by atoms with Crippen molar-refractivity contribution >= 4 is 37.5 Å². The second-order valence-electron chi connectivity index (χ2n) is 10.5. The molecule has 0 saturated carbocycles. The van der Waals surface area contributed by atoms with E-state index in [9.17, 15) is 9.59 Å². The molecule has 0 aromatic heterocycles. The van der Waals surface area contributed by atoms with E-state index in [4.69, 9.17) is 0 Å².